The summed E-state index contributed by atoms with van der Waals surface area (Å²) in [6.07, 6.45) is 2.66. The van der Waals surface area contributed by atoms with Crippen molar-refractivity contribution >= 4 is 17.5 Å². The van der Waals surface area contributed by atoms with Gasteiger partial charge in [0.1, 0.15) is 10.8 Å². The first-order valence-electron chi connectivity index (χ1n) is 5.21. The van der Waals surface area contributed by atoms with E-state index in [1.165, 1.54) is 0 Å². The second kappa shape index (κ2) is 4.39. The number of aromatic nitrogens is 1. The van der Waals surface area contributed by atoms with E-state index in [0.717, 1.165) is 19.3 Å². The Kier molecular flexibility index (Phi) is 3.12. The zero-order valence-corrected chi connectivity index (χ0v) is 9.50. The van der Waals surface area contributed by atoms with Gasteiger partial charge >= 0.3 is 0 Å². The summed E-state index contributed by atoms with van der Waals surface area (Å²) in [4.78, 5) is 15.7. The highest BCUT2D eigenvalue weighted by Crippen LogP contribution is 2.31. The van der Waals surface area contributed by atoms with Crippen LogP contribution < -0.4 is 5.32 Å². The third-order valence-corrected chi connectivity index (χ3v) is 3.15. The number of nitrogens with one attached hydrogen (secondary N) is 1. The largest absolute Gasteiger partial charge is 0.394 e. The quantitative estimate of drug-likeness (QED) is 0.785. The van der Waals surface area contributed by atoms with Crippen molar-refractivity contribution in [3.63, 3.8) is 0 Å². The van der Waals surface area contributed by atoms with E-state index in [1.54, 1.807) is 18.2 Å². The molecule has 2 N–H and O–H groups in total. The van der Waals surface area contributed by atoms with Crippen LogP contribution >= 0.6 is 11.6 Å². The van der Waals surface area contributed by atoms with Crippen LogP contribution in [0.15, 0.2) is 18.2 Å². The summed E-state index contributed by atoms with van der Waals surface area (Å²) >= 11 is 5.70. The summed E-state index contributed by atoms with van der Waals surface area (Å²) in [6.45, 7) is -0.0285. The Morgan fingerprint density at radius 1 is 1.56 bits per heavy atom. The molecule has 1 saturated carbocycles. The number of halogens is 1. The zero-order valence-electron chi connectivity index (χ0n) is 8.74. The second-order valence-corrected chi connectivity index (χ2v) is 4.48. The summed E-state index contributed by atoms with van der Waals surface area (Å²) in [5.41, 5.74) is -0.159. The number of nitrogens with zero attached hydrogens (tertiary/aromatic N) is 1. The second-order valence-electron chi connectivity index (χ2n) is 4.09. The number of amides is 1. The zero-order chi connectivity index (χ0) is 11.6. The Balaban J connectivity index is 2.08. The van der Waals surface area contributed by atoms with Crippen LogP contribution in [-0.2, 0) is 0 Å². The van der Waals surface area contributed by atoms with Crippen molar-refractivity contribution in [3.8, 4) is 0 Å². The van der Waals surface area contributed by atoms with Gasteiger partial charge in [-0.25, -0.2) is 4.98 Å². The minimum absolute atomic E-state index is 0.0285. The molecule has 86 valence electrons. The SMILES string of the molecule is O=C(NC1(CO)CCC1)c1cccc(Cl)n1. The highest BCUT2D eigenvalue weighted by Gasteiger charge is 2.38. The van der Waals surface area contributed by atoms with Crippen LogP contribution in [0, 0.1) is 0 Å². The summed E-state index contributed by atoms with van der Waals surface area (Å²) in [7, 11) is 0. The molecule has 0 saturated heterocycles. The molecule has 1 fully saturated rings. The lowest BCUT2D eigenvalue weighted by atomic mass is 9.77. The van der Waals surface area contributed by atoms with Crippen LogP contribution in [-0.4, -0.2) is 28.1 Å². The van der Waals surface area contributed by atoms with Gasteiger partial charge in [0.15, 0.2) is 0 Å². The lowest BCUT2D eigenvalue weighted by Gasteiger charge is -2.40. The van der Waals surface area contributed by atoms with Crippen molar-refractivity contribution in [1.29, 1.82) is 0 Å². The molecule has 0 aromatic carbocycles. The van der Waals surface area contributed by atoms with Crippen LogP contribution in [0.5, 0.6) is 0 Å². The maximum atomic E-state index is 11.8. The molecule has 1 amide bonds. The van der Waals surface area contributed by atoms with Crippen LogP contribution in [0.3, 0.4) is 0 Å². The van der Waals surface area contributed by atoms with Crippen LogP contribution in [0.4, 0.5) is 0 Å². The number of hydrogen-bond donors (Lipinski definition) is 2. The molecular weight excluding hydrogens is 228 g/mol. The van der Waals surface area contributed by atoms with Gasteiger partial charge in [0.05, 0.1) is 12.1 Å². The van der Waals surface area contributed by atoms with E-state index in [2.05, 4.69) is 10.3 Å². The molecule has 0 radical (unpaired) electrons. The van der Waals surface area contributed by atoms with E-state index in [0.29, 0.717) is 5.15 Å². The van der Waals surface area contributed by atoms with Gasteiger partial charge in [-0.2, -0.15) is 0 Å². The molecule has 0 aliphatic heterocycles. The lowest BCUT2D eigenvalue weighted by molar-refractivity contribution is 0.0637. The van der Waals surface area contributed by atoms with E-state index in [9.17, 15) is 9.90 Å². The van der Waals surface area contributed by atoms with Gasteiger partial charge in [-0.15, -0.1) is 0 Å². The van der Waals surface area contributed by atoms with Gasteiger partial charge in [-0.1, -0.05) is 17.7 Å². The van der Waals surface area contributed by atoms with Crippen molar-refractivity contribution in [2.45, 2.75) is 24.8 Å². The highest BCUT2D eigenvalue weighted by molar-refractivity contribution is 6.29. The van der Waals surface area contributed by atoms with E-state index >= 15 is 0 Å². The number of pyridine rings is 1. The van der Waals surface area contributed by atoms with Gasteiger partial charge in [0.2, 0.25) is 0 Å². The molecule has 16 heavy (non-hydrogen) atoms. The maximum Gasteiger partial charge on any atom is 0.270 e. The minimum Gasteiger partial charge on any atom is -0.394 e. The third kappa shape index (κ3) is 2.18. The standard InChI is InChI=1S/C11H13ClN2O2/c12-9-4-1-3-8(13-9)10(16)14-11(7-15)5-2-6-11/h1,3-4,15H,2,5-7H2,(H,14,16). The van der Waals surface area contributed by atoms with Gasteiger partial charge < -0.3 is 10.4 Å². The number of carbonyl (C=O) groups excluding carboxylic acids is 1. The molecule has 1 heterocycles. The molecule has 4 nitrogen and oxygen atoms in total. The molecule has 0 bridgehead atoms. The molecule has 1 aromatic rings. The van der Waals surface area contributed by atoms with Crippen molar-refractivity contribution in [1.82, 2.24) is 10.3 Å². The van der Waals surface area contributed by atoms with Crippen LogP contribution in [0.2, 0.25) is 5.15 Å². The summed E-state index contributed by atoms with van der Waals surface area (Å²) < 4.78 is 0. The molecule has 2 rings (SSSR count). The van der Waals surface area contributed by atoms with Gasteiger partial charge in [0.25, 0.3) is 5.91 Å². The van der Waals surface area contributed by atoms with Gasteiger partial charge in [-0.3, -0.25) is 4.79 Å². The summed E-state index contributed by atoms with van der Waals surface area (Å²) in [5.74, 6) is -0.281. The molecule has 1 aromatic heterocycles. The maximum absolute atomic E-state index is 11.8. The molecule has 5 heteroatoms. The normalized spacial score (nSPS) is 17.6. The fourth-order valence-electron chi connectivity index (χ4n) is 1.77. The van der Waals surface area contributed by atoms with E-state index in [-0.39, 0.29) is 18.2 Å². The monoisotopic (exact) mass is 240 g/mol. The predicted octanol–water partition coefficient (Wildman–Crippen LogP) is 1.38. The van der Waals surface area contributed by atoms with Crippen molar-refractivity contribution in [2.24, 2.45) is 0 Å². The number of aliphatic hydroxyl groups is 1. The molecule has 1 aliphatic carbocycles. The molecule has 0 atom stereocenters. The number of aliphatic hydroxyl groups excluding tert-OH is 1. The van der Waals surface area contributed by atoms with E-state index in [1.807, 2.05) is 0 Å². The topological polar surface area (TPSA) is 62.2 Å². The number of carbonyl (C=O) groups is 1. The van der Waals surface area contributed by atoms with E-state index in [4.69, 9.17) is 11.6 Å². The predicted molar refractivity (Wildman–Crippen MR) is 60.4 cm³/mol. The average molecular weight is 241 g/mol. The average Bonchev–Trinajstić information content (AvgIpc) is 2.23. The fraction of sp³-hybridized carbons (Fsp3) is 0.455. The molecular formula is C11H13ClN2O2. The number of hydrogen-bond acceptors (Lipinski definition) is 3. The highest BCUT2D eigenvalue weighted by atomic mass is 35.5. The fourth-order valence-corrected chi connectivity index (χ4v) is 1.93. The van der Waals surface area contributed by atoms with Gasteiger partial charge in [-0.05, 0) is 31.4 Å². The lowest BCUT2D eigenvalue weighted by Crippen LogP contribution is -2.56. The van der Waals surface area contributed by atoms with Crippen LogP contribution in [0.1, 0.15) is 29.8 Å². The van der Waals surface area contributed by atoms with E-state index < -0.39 is 5.54 Å². The molecule has 1 aliphatic rings. The van der Waals surface area contributed by atoms with Crippen molar-refractivity contribution < 1.29 is 9.90 Å². The summed E-state index contributed by atoms with van der Waals surface area (Å²) in [5, 5.41) is 12.3. The van der Waals surface area contributed by atoms with Crippen molar-refractivity contribution in [2.75, 3.05) is 6.61 Å². The minimum atomic E-state index is -0.443. The first kappa shape index (κ1) is 11.4. The Bertz CT molecular complexity index is 399. The molecule has 0 unspecified atom stereocenters. The summed E-state index contributed by atoms with van der Waals surface area (Å²) in [6, 6.07) is 4.89. The number of rotatable bonds is 3. The Hall–Kier alpha value is -1.13. The Labute approximate surface area is 98.6 Å². The molecule has 0 spiro atoms. The first-order valence-corrected chi connectivity index (χ1v) is 5.59. The third-order valence-electron chi connectivity index (χ3n) is 2.94. The van der Waals surface area contributed by atoms with Crippen molar-refractivity contribution in [3.05, 3.63) is 29.0 Å². The Morgan fingerprint density at radius 3 is 2.81 bits per heavy atom. The van der Waals surface area contributed by atoms with Gasteiger partial charge in [0, 0.05) is 0 Å². The smallest absolute Gasteiger partial charge is 0.270 e. The first-order chi connectivity index (χ1) is 7.65. The Morgan fingerprint density at radius 2 is 2.31 bits per heavy atom. The van der Waals surface area contributed by atoms with Crippen LogP contribution in [0.25, 0.3) is 0 Å².